The van der Waals surface area contributed by atoms with Gasteiger partial charge in [-0.05, 0) is 56.2 Å². The summed E-state index contributed by atoms with van der Waals surface area (Å²) >= 11 is 0. The van der Waals surface area contributed by atoms with Crippen LogP contribution in [-0.2, 0) is 4.79 Å². The highest BCUT2D eigenvalue weighted by molar-refractivity contribution is 5.94. The second-order valence-corrected chi connectivity index (χ2v) is 5.18. The number of carbonyl (C=O) groups excluding carboxylic acids is 1. The van der Waals surface area contributed by atoms with Crippen molar-refractivity contribution < 1.29 is 9.18 Å². The number of anilines is 2. The number of hydrogen-bond donors (Lipinski definition) is 2. The molecule has 2 N–H and O–H groups in total. The van der Waals surface area contributed by atoms with Gasteiger partial charge in [0, 0.05) is 11.4 Å². The maximum atomic E-state index is 13.0. The molecular formula is C17H19FN2O. The largest absolute Gasteiger partial charge is 0.376 e. The normalized spacial score (nSPS) is 10.3. The fourth-order valence-electron chi connectivity index (χ4n) is 2.15. The molecule has 110 valence electrons. The lowest BCUT2D eigenvalue weighted by Gasteiger charge is -2.12. The predicted octanol–water partition coefficient (Wildman–Crippen LogP) is 3.80. The first kappa shape index (κ1) is 15.0. The zero-order chi connectivity index (χ0) is 15.4. The van der Waals surface area contributed by atoms with E-state index < -0.39 is 0 Å². The first-order chi connectivity index (χ1) is 9.95. The smallest absolute Gasteiger partial charge is 0.243 e. The highest BCUT2D eigenvalue weighted by Gasteiger charge is 2.06. The van der Waals surface area contributed by atoms with E-state index in [0.717, 1.165) is 28.1 Å². The zero-order valence-electron chi connectivity index (χ0n) is 12.5. The minimum absolute atomic E-state index is 0.134. The van der Waals surface area contributed by atoms with Gasteiger partial charge in [-0.1, -0.05) is 17.7 Å². The summed E-state index contributed by atoms with van der Waals surface area (Å²) in [5.74, 6) is -0.413. The van der Waals surface area contributed by atoms with E-state index in [1.807, 2.05) is 32.0 Å². The minimum Gasteiger partial charge on any atom is -0.376 e. The van der Waals surface area contributed by atoms with E-state index in [9.17, 15) is 9.18 Å². The van der Waals surface area contributed by atoms with Gasteiger partial charge >= 0.3 is 0 Å². The number of amides is 1. The van der Waals surface area contributed by atoms with Gasteiger partial charge in [-0.15, -0.1) is 0 Å². The first-order valence-corrected chi connectivity index (χ1v) is 6.83. The van der Waals surface area contributed by atoms with Gasteiger partial charge < -0.3 is 10.6 Å². The molecule has 0 bridgehead atoms. The Balaban J connectivity index is 1.96. The van der Waals surface area contributed by atoms with Crippen LogP contribution in [0.15, 0.2) is 36.4 Å². The summed E-state index contributed by atoms with van der Waals surface area (Å²) in [7, 11) is 0. The molecule has 0 fully saturated rings. The summed E-state index contributed by atoms with van der Waals surface area (Å²) in [5.41, 5.74) is 4.52. The van der Waals surface area contributed by atoms with Crippen LogP contribution >= 0.6 is 0 Å². The molecule has 0 aliphatic heterocycles. The fourth-order valence-corrected chi connectivity index (χ4v) is 2.15. The number of benzene rings is 2. The summed E-state index contributed by atoms with van der Waals surface area (Å²) < 4.78 is 13.0. The Kier molecular flexibility index (Phi) is 4.58. The quantitative estimate of drug-likeness (QED) is 0.897. The van der Waals surface area contributed by atoms with Gasteiger partial charge in [0.15, 0.2) is 0 Å². The maximum Gasteiger partial charge on any atom is 0.243 e. The maximum absolute atomic E-state index is 13.0. The van der Waals surface area contributed by atoms with Crippen LogP contribution in [0.3, 0.4) is 0 Å². The Bertz CT molecular complexity index is 668. The van der Waals surface area contributed by atoms with Crippen LogP contribution in [0.25, 0.3) is 0 Å². The topological polar surface area (TPSA) is 41.1 Å². The van der Waals surface area contributed by atoms with Gasteiger partial charge in [-0.2, -0.15) is 0 Å². The summed E-state index contributed by atoms with van der Waals surface area (Å²) in [4.78, 5) is 12.0. The Morgan fingerprint density at radius 3 is 2.33 bits per heavy atom. The molecule has 0 spiro atoms. The molecule has 0 heterocycles. The average Bonchev–Trinajstić information content (AvgIpc) is 2.41. The number of rotatable bonds is 4. The van der Waals surface area contributed by atoms with Crippen molar-refractivity contribution in [3.05, 3.63) is 58.9 Å². The van der Waals surface area contributed by atoms with Crippen LogP contribution in [-0.4, -0.2) is 12.5 Å². The molecule has 21 heavy (non-hydrogen) atoms. The molecule has 2 rings (SSSR count). The number of hydrogen-bond acceptors (Lipinski definition) is 2. The number of carbonyl (C=O) groups is 1. The summed E-state index contributed by atoms with van der Waals surface area (Å²) in [6.07, 6.45) is 0. The molecular weight excluding hydrogens is 267 g/mol. The van der Waals surface area contributed by atoms with Crippen molar-refractivity contribution in [1.82, 2.24) is 0 Å². The third-order valence-electron chi connectivity index (χ3n) is 3.28. The van der Waals surface area contributed by atoms with E-state index in [1.165, 1.54) is 12.1 Å². The molecule has 0 aromatic heterocycles. The lowest BCUT2D eigenvalue weighted by atomic mass is 10.1. The molecule has 0 aliphatic carbocycles. The van der Waals surface area contributed by atoms with Crippen molar-refractivity contribution in [2.45, 2.75) is 20.8 Å². The summed E-state index contributed by atoms with van der Waals surface area (Å²) in [5, 5.41) is 5.88. The minimum atomic E-state index is -0.280. The molecule has 4 heteroatoms. The van der Waals surface area contributed by atoms with Gasteiger partial charge in [0.1, 0.15) is 5.82 Å². The molecule has 1 amide bonds. The Morgan fingerprint density at radius 2 is 1.67 bits per heavy atom. The Labute approximate surface area is 124 Å². The number of halogens is 1. The highest BCUT2D eigenvalue weighted by Crippen LogP contribution is 2.17. The summed E-state index contributed by atoms with van der Waals surface area (Å²) in [6.45, 7) is 5.91. The molecule has 0 aliphatic rings. The molecule has 3 nitrogen and oxygen atoms in total. The average molecular weight is 286 g/mol. The Morgan fingerprint density at radius 1 is 1.00 bits per heavy atom. The zero-order valence-corrected chi connectivity index (χ0v) is 12.5. The van der Waals surface area contributed by atoms with E-state index in [2.05, 4.69) is 10.6 Å². The monoisotopic (exact) mass is 286 g/mol. The van der Waals surface area contributed by atoms with Crippen molar-refractivity contribution >= 4 is 17.3 Å². The third-order valence-corrected chi connectivity index (χ3v) is 3.28. The van der Waals surface area contributed by atoms with Crippen molar-refractivity contribution in [3.8, 4) is 0 Å². The lowest BCUT2D eigenvalue weighted by Crippen LogP contribution is -2.22. The SMILES string of the molecule is Cc1ccc(NC(=O)CNc2ccc(F)cc2C)c(C)c1. The second kappa shape index (κ2) is 6.39. The summed E-state index contributed by atoms with van der Waals surface area (Å²) in [6, 6.07) is 10.3. The van der Waals surface area contributed by atoms with Crippen LogP contribution in [0.4, 0.5) is 15.8 Å². The number of nitrogens with one attached hydrogen (secondary N) is 2. The molecule has 0 saturated heterocycles. The number of aryl methyl sites for hydroxylation is 3. The van der Waals surface area contributed by atoms with E-state index >= 15 is 0 Å². The van der Waals surface area contributed by atoms with Gasteiger partial charge in [-0.25, -0.2) is 4.39 Å². The van der Waals surface area contributed by atoms with Crippen LogP contribution in [0.1, 0.15) is 16.7 Å². The van der Waals surface area contributed by atoms with Crippen molar-refractivity contribution in [3.63, 3.8) is 0 Å². The lowest BCUT2D eigenvalue weighted by molar-refractivity contribution is -0.114. The molecule has 0 saturated carbocycles. The molecule has 2 aromatic rings. The van der Waals surface area contributed by atoms with E-state index in [0.29, 0.717) is 0 Å². The van der Waals surface area contributed by atoms with E-state index in [-0.39, 0.29) is 18.3 Å². The molecule has 0 unspecified atom stereocenters. The van der Waals surface area contributed by atoms with Crippen LogP contribution < -0.4 is 10.6 Å². The highest BCUT2D eigenvalue weighted by atomic mass is 19.1. The van der Waals surface area contributed by atoms with Gasteiger partial charge in [0.2, 0.25) is 5.91 Å². The van der Waals surface area contributed by atoms with E-state index in [1.54, 1.807) is 13.0 Å². The standard InChI is InChI=1S/C17H19FN2O/c1-11-4-6-16(12(2)8-11)20-17(21)10-19-15-7-5-14(18)9-13(15)3/h4-9,19H,10H2,1-3H3,(H,20,21). The van der Waals surface area contributed by atoms with Crippen molar-refractivity contribution in [1.29, 1.82) is 0 Å². The third kappa shape index (κ3) is 4.05. The van der Waals surface area contributed by atoms with Gasteiger partial charge in [0.05, 0.1) is 6.54 Å². The van der Waals surface area contributed by atoms with Crippen LogP contribution in [0.2, 0.25) is 0 Å². The van der Waals surface area contributed by atoms with Gasteiger partial charge in [0.25, 0.3) is 0 Å². The second-order valence-electron chi connectivity index (χ2n) is 5.18. The molecule has 0 atom stereocenters. The molecule has 0 radical (unpaired) electrons. The predicted molar refractivity (Wildman–Crippen MR) is 84.2 cm³/mol. The van der Waals surface area contributed by atoms with Crippen LogP contribution in [0.5, 0.6) is 0 Å². The molecule has 2 aromatic carbocycles. The first-order valence-electron chi connectivity index (χ1n) is 6.83. The Hall–Kier alpha value is -2.36. The van der Waals surface area contributed by atoms with Crippen LogP contribution in [0, 0.1) is 26.6 Å². The van der Waals surface area contributed by atoms with Gasteiger partial charge in [-0.3, -0.25) is 4.79 Å². The van der Waals surface area contributed by atoms with Crippen molar-refractivity contribution in [2.24, 2.45) is 0 Å². The van der Waals surface area contributed by atoms with Crippen molar-refractivity contribution in [2.75, 3.05) is 17.2 Å². The fraction of sp³-hybridized carbons (Fsp3) is 0.235. The van der Waals surface area contributed by atoms with E-state index in [4.69, 9.17) is 0 Å².